The third-order valence-electron chi connectivity index (χ3n) is 1.29. The van der Waals surface area contributed by atoms with E-state index in [0.717, 1.165) is 0 Å². The first-order valence-corrected chi connectivity index (χ1v) is 3.67. The molecule has 0 fully saturated rings. The molecule has 0 aliphatic rings. The van der Waals surface area contributed by atoms with Gasteiger partial charge in [-0.25, -0.2) is 0 Å². The maximum atomic E-state index is 10.8. The van der Waals surface area contributed by atoms with Gasteiger partial charge >= 0.3 is 0 Å². The van der Waals surface area contributed by atoms with Crippen LogP contribution in [-0.2, 0) is 16.1 Å². The summed E-state index contributed by atoms with van der Waals surface area (Å²) >= 11 is 0. The number of carbonyl (C=O) groups excluding carboxylic acids is 2. The van der Waals surface area contributed by atoms with E-state index < -0.39 is 11.7 Å². The summed E-state index contributed by atoms with van der Waals surface area (Å²) in [5.41, 5.74) is 0. The van der Waals surface area contributed by atoms with Crippen molar-refractivity contribution in [1.82, 2.24) is 15.5 Å². The third-order valence-corrected chi connectivity index (χ3v) is 1.29. The van der Waals surface area contributed by atoms with Crippen molar-refractivity contribution in [1.29, 1.82) is 0 Å². The molecule has 0 bridgehead atoms. The quantitative estimate of drug-likeness (QED) is 0.643. The molecular formula is C7H9N3O3. The lowest BCUT2D eigenvalue weighted by Crippen LogP contribution is -2.28. The second kappa shape index (κ2) is 3.79. The Morgan fingerprint density at radius 3 is 2.69 bits per heavy atom. The average molecular weight is 183 g/mol. The average Bonchev–Trinajstić information content (AvgIpc) is 2.47. The SMILES string of the molecule is CC(=O)C(=O)NCc1nc(C)no1. The summed E-state index contributed by atoms with van der Waals surface area (Å²) in [7, 11) is 0. The summed E-state index contributed by atoms with van der Waals surface area (Å²) in [4.78, 5) is 25.1. The van der Waals surface area contributed by atoms with E-state index in [1.165, 1.54) is 6.92 Å². The molecule has 1 N–H and O–H groups in total. The first-order chi connectivity index (χ1) is 6.09. The third kappa shape index (κ3) is 2.66. The van der Waals surface area contributed by atoms with Crippen LogP contribution in [0.15, 0.2) is 4.52 Å². The van der Waals surface area contributed by atoms with Gasteiger partial charge in [-0.1, -0.05) is 5.16 Å². The van der Waals surface area contributed by atoms with Crippen LogP contribution in [0.2, 0.25) is 0 Å². The lowest BCUT2D eigenvalue weighted by atomic mass is 10.4. The Morgan fingerprint density at radius 2 is 2.23 bits per heavy atom. The molecule has 70 valence electrons. The Balaban J connectivity index is 2.44. The molecule has 0 spiro atoms. The highest BCUT2D eigenvalue weighted by Gasteiger charge is 2.08. The topological polar surface area (TPSA) is 85.1 Å². The molecule has 1 aromatic heterocycles. The van der Waals surface area contributed by atoms with Gasteiger partial charge in [-0.05, 0) is 6.92 Å². The number of Topliss-reactive ketones (excluding diaryl/α,β-unsaturated/α-hetero) is 1. The fourth-order valence-corrected chi connectivity index (χ4v) is 0.692. The maximum Gasteiger partial charge on any atom is 0.287 e. The molecule has 6 heteroatoms. The zero-order valence-corrected chi connectivity index (χ0v) is 7.33. The van der Waals surface area contributed by atoms with Crippen molar-refractivity contribution < 1.29 is 14.1 Å². The molecule has 0 saturated heterocycles. The highest BCUT2D eigenvalue weighted by molar-refractivity contribution is 6.35. The number of aromatic nitrogens is 2. The Labute approximate surface area is 74.3 Å². The summed E-state index contributed by atoms with van der Waals surface area (Å²) < 4.78 is 4.71. The number of amides is 1. The van der Waals surface area contributed by atoms with E-state index in [4.69, 9.17) is 4.52 Å². The van der Waals surface area contributed by atoms with Crippen LogP contribution in [0.5, 0.6) is 0 Å². The molecule has 0 aromatic carbocycles. The Hall–Kier alpha value is -1.72. The number of nitrogens with zero attached hydrogens (tertiary/aromatic N) is 2. The normalized spacial score (nSPS) is 9.69. The number of ketones is 1. The molecule has 0 aliphatic carbocycles. The highest BCUT2D eigenvalue weighted by Crippen LogP contribution is 1.94. The zero-order valence-electron chi connectivity index (χ0n) is 7.33. The minimum Gasteiger partial charge on any atom is -0.340 e. The van der Waals surface area contributed by atoms with Crippen LogP contribution in [-0.4, -0.2) is 21.8 Å². The van der Waals surface area contributed by atoms with Gasteiger partial charge in [0.15, 0.2) is 5.82 Å². The van der Waals surface area contributed by atoms with Gasteiger partial charge in [-0.2, -0.15) is 4.98 Å². The summed E-state index contributed by atoms with van der Waals surface area (Å²) in [5.74, 6) is -0.425. The summed E-state index contributed by atoms with van der Waals surface area (Å²) in [6.45, 7) is 2.94. The van der Waals surface area contributed by atoms with Gasteiger partial charge in [0.05, 0.1) is 6.54 Å². The molecule has 0 atom stereocenters. The molecule has 0 unspecified atom stereocenters. The lowest BCUT2D eigenvalue weighted by Gasteiger charge is -1.95. The summed E-state index contributed by atoms with van der Waals surface area (Å²) in [6.07, 6.45) is 0. The van der Waals surface area contributed by atoms with Crippen LogP contribution in [0, 0.1) is 6.92 Å². The van der Waals surface area contributed by atoms with E-state index in [0.29, 0.717) is 5.82 Å². The van der Waals surface area contributed by atoms with Crippen molar-refractivity contribution in [3.8, 4) is 0 Å². The molecule has 1 rings (SSSR count). The number of nitrogens with one attached hydrogen (secondary N) is 1. The first-order valence-electron chi connectivity index (χ1n) is 3.67. The van der Waals surface area contributed by atoms with Crippen molar-refractivity contribution >= 4 is 11.7 Å². The van der Waals surface area contributed by atoms with Crippen LogP contribution in [0.4, 0.5) is 0 Å². The predicted octanol–water partition coefficient (Wildman–Crippen LogP) is -0.417. The number of aryl methyl sites for hydroxylation is 1. The first kappa shape index (κ1) is 9.37. The number of hydrogen-bond acceptors (Lipinski definition) is 5. The number of rotatable bonds is 3. The lowest BCUT2D eigenvalue weighted by molar-refractivity contribution is -0.136. The number of hydrogen-bond donors (Lipinski definition) is 1. The fraction of sp³-hybridized carbons (Fsp3) is 0.429. The largest absolute Gasteiger partial charge is 0.340 e. The summed E-state index contributed by atoms with van der Waals surface area (Å²) in [6, 6.07) is 0. The monoisotopic (exact) mass is 183 g/mol. The van der Waals surface area contributed by atoms with Crippen LogP contribution in [0.1, 0.15) is 18.6 Å². The Bertz CT molecular complexity index is 331. The molecular weight excluding hydrogens is 174 g/mol. The zero-order chi connectivity index (χ0) is 9.84. The van der Waals surface area contributed by atoms with Gasteiger partial charge in [0, 0.05) is 6.92 Å². The van der Waals surface area contributed by atoms with E-state index in [2.05, 4.69) is 15.5 Å². The standard InChI is InChI=1S/C7H9N3O3/c1-4(11)7(12)8-3-6-9-5(2)10-13-6/h3H2,1-2H3,(H,8,12). The van der Waals surface area contributed by atoms with Gasteiger partial charge in [-0.15, -0.1) is 0 Å². The molecule has 0 radical (unpaired) electrons. The molecule has 0 saturated carbocycles. The van der Waals surface area contributed by atoms with E-state index in [9.17, 15) is 9.59 Å². The molecule has 0 aliphatic heterocycles. The predicted molar refractivity (Wildman–Crippen MR) is 41.6 cm³/mol. The molecule has 1 amide bonds. The van der Waals surface area contributed by atoms with Crippen LogP contribution in [0.25, 0.3) is 0 Å². The van der Waals surface area contributed by atoms with Crippen molar-refractivity contribution in [2.24, 2.45) is 0 Å². The van der Waals surface area contributed by atoms with E-state index in [1.54, 1.807) is 6.92 Å². The molecule has 6 nitrogen and oxygen atoms in total. The van der Waals surface area contributed by atoms with Crippen LogP contribution >= 0.6 is 0 Å². The van der Waals surface area contributed by atoms with E-state index >= 15 is 0 Å². The second-order valence-corrected chi connectivity index (χ2v) is 2.47. The van der Waals surface area contributed by atoms with Crippen molar-refractivity contribution in [3.05, 3.63) is 11.7 Å². The van der Waals surface area contributed by atoms with Crippen molar-refractivity contribution in [3.63, 3.8) is 0 Å². The summed E-state index contributed by atoms with van der Waals surface area (Å²) in [5, 5.41) is 5.84. The minimum atomic E-state index is -0.657. The van der Waals surface area contributed by atoms with Gasteiger partial charge in [-0.3, -0.25) is 9.59 Å². The Kier molecular flexibility index (Phi) is 2.73. The van der Waals surface area contributed by atoms with Crippen molar-refractivity contribution in [2.75, 3.05) is 0 Å². The van der Waals surface area contributed by atoms with Crippen molar-refractivity contribution in [2.45, 2.75) is 20.4 Å². The van der Waals surface area contributed by atoms with Gasteiger partial charge in [0.25, 0.3) is 5.91 Å². The Morgan fingerprint density at radius 1 is 1.54 bits per heavy atom. The van der Waals surface area contributed by atoms with Crippen LogP contribution in [0.3, 0.4) is 0 Å². The van der Waals surface area contributed by atoms with Gasteiger partial charge in [0.1, 0.15) is 0 Å². The van der Waals surface area contributed by atoms with E-state index in [1.807, 2.05) is 0 Å². The smallest absolute Gasteiger partial charge is 0.287 e. The second-order valence-electron chi connectivity index (χ2n) is 2.47. The van der Waals surface area contributed by atoms with Crippen LogP contribution < -0.4 is 5.32 Å². The molecule has 1 heterocycles. The minimum absolute atomic E-state index is 0.0826. The van der Waals surface area contributed by atoms with E-state index in [-0.39, 0.29) is 12.4 Å². The molecule has 1 aromatic rings. The highest BCUT2D eigenvalue weighted by atomic mass is 16.5. The van der Waals surface area contributed by atoms with Gasteiger partial charge in [0.2, 0.25) is 11.7 Å². The van der Waals surface area contributed by atoms with Gasteiger partial charge < -0.3 is 9.84 Å². The fourth-order valence-electron chi connectivity index (χ4n) is 0.692. The maximum absolute atomic E-state index is 10.8. The molecule has 13 heavy (non-hydrogen) atoms. The number of carbonyl (C=O) groups is 2.